The van der Waals surface area contributed by atoms with Crippen molar-refractivity contribution in [2.45, 2.75) is 39.2 Å². The van der Waals surface area contributed by atoms with Gasteiger partial charge in [0.2, 0.25) is 0 Å². The van der Waals surface area contributed by atoms with Crippen LogP contribution in [0.4, 0.5) is 0 Å². The highest BCUT2D eigenvalue weighted by atomic mass is 15.2. The fraction of sp³-hybridized carbons (Fsp3) is 0.429. The maximum Gasteiger partial charge on any atom is 0.0260 e. The number of nitrogens with one attached hydrogen (secondary N) is 1. The van der Waals surface area contributed by atoms with Crippen molar-refractivity contribution in [2.75, 3.05) is 0 Å². The number of nitrogens with two attached hydrogens (primary N) is 1. The predicted octanol–water partition coefficient (Wildman–Crippen LogP) is 2.17. The van der Waals surface area contributed by atoms with Gasteiger partial charge in [0.1, 0.15) is 0 Å². The predicted molar refractivity (Wildman–Crippen MR) is 68.7 cm³/mol. The molecule has 0 aliphatic carbocycles. The summed E-state index contributed by atoms with van der Waals surface area (Å²) in [7, 11) is 0. The zero-order valence-corrected chi connectivity index (χ0v) is 10.1. The molecule has 86 valence electrons. The summed E-state index contributed by atoms with van der Waals surface area (Å²) in [6, 6.07) is 8.73. The molecule has 0 saturated carbocycles. The summed E-state index contributed by atoms with van der Waals surface area (Å²) in [6.07, 6.45) is 2.86. The zero-order valence-electron chi connectivity index (χ0n) is 10.1. The molecule has 0 heterocycles. The molecule has 0 spiro atoms. The second-order valence-corrected chi connectivity index (χ2v) is 3.96. The van der Waals surface area contributed by atoms with Crippen molar-refractivity contribution in [3.63, 3.8) is 0 Å². The minimum absolute atomic E-state index is 0.307. The van der Waals surface area contributed by atoms with Crippen LogP contribution in [-0.4, -0.2) is 6.04 Å². The van der Waals surface area contributed by atoms with Crippen molar-refractivity contribution in [1.29, 1.82) is 0 Å². The van der Waals surface area contributed by atoms with E-state index in [4.69, 9.17) is 5.84 Å². The third kappa shape index (κ3) is 4.06. The Labute approximate surface area is 98.2 Å². The summed E-state index contributed by atoms with van der Waals surface area (Å²) < 4.78 is 0. The standard InChI is InChI=1S/C14H20N2/c1-3-4-5-10-14(16-15)11-13-9-7-6-8-12(13)2/h6-9,14,16H,5,10-11,15H2,1-2H3. The molecule has 1 rings (SSSR count). The van der Waals surface area contributed by atoms with Gasteiger partial charge in [-0.05, 0) is 37.8 Å². The Morgan fingerprint density at radius 1 is 1.38 bits per heavy atom. The summed E-state index contributed by atoms with van der Waals surface area (Å²) in [6.45, 7) is 4.00. The molecule has 1 aromatic rings. The second kappa shape index (κ2) is 7.05. The number of hydrazine groups is 1. The summed E-state index contributed by atoms with van der Waals surface area (Å²) >= 11 is 0. The lowest BCUT2D eigenvalue weighted by atomic mass is 9.99. The number of benzene rings is 1. The highest BCUT2D eigenvalue weighted by molar-refractivity contribution is 5.26. The van der Waals surface area contributed by atoms with Crippen LogP contribution in [0.15, 0.2) is 24.3 Å². The smallest absolute Gasteiger partial charge is 0.0260 e. The normalized spacial score (nSPS) is 11.7. The average Bonchev–Trinajstić information content (AvgIpc) is 2.30. The van der Waals surface area contributed by atoms with Crippen LogP contribution in [0.5, 0.6) is 0 Å². The molecule has 1 unspecified atom stereocenters. The third-order valence-electron chi connectivity index (χ3n) is 2.76. The molecule has 16 heavy (non-hydrogen) atoms. The molecule has 0 amide bonds. The molecule has 3 N–H and O–H groups in total. The summed E-state index contributed by atoms with van der Waals surface area (Å²) in [5.74, 6) is 11.5. The largest absolute Gasteiger partial charge is 0.271 e. The Morgan fingerprint density at radius 3 is 2.75 bits per heavy atom. The third-order valence-corrected chi connectivity index (χ3v) is 2.76. The Morgan fingerprint density at radius 2 is 2.12 bits per heavy atom. The lowest BCUT2D eigenvalue weighted by Gasteiger charge is -2.15. The topological polar surface area (TPSA) is 38.0 Å². The molecule has 0 radical (unpaired) electrons. The maximum absolute atomic E-state index is 5.55. The molecule has 0 aliphatic rings. The van der Waals surface area contributed by atoms with Crippen molar-refractivity contribution in [3.8, 4) is 11.8 Å². The summed E-state index contributed by atoms with van der Waals surface area (Å²) in [5, 5.41) is 0. The van der Waals surface area contributed by atoms with Crippen LogP contribution in [0.25, 0.3) is 0 Å². The van der Waals surface area contributed by atoms with Crippen LogP contribution in [0.1, 0.15) is 30.9 Å². The van der Waals surface area contributed by atoms with Gasteiger partial charge in [-0.2, -0.15) is 0 Å². The first-order valence-electron chi connectivity index (χ1n) is 5.68. The van der Waals surface area contributed by atoms with E-state index in [2.05, 4.69) is 48.5 Å². The molecule has 1 atom stereocenters. The first-order chi connectivity index (χ1) is 7.77. The van der Waals surface area contributed by atoms with E-state index in [1.807, 2.05) is 6.92 Å². The Balaban J connectivity index is 2.55. The fourth-order valence-corrected chi connectivity index (χ4v) is 1.72. The number of aryl methyl sites for hydroxylation is 1. The highest BCUT2D eigenvalue weighted by Gasteiger charge is 2.07. The fourth-order valence-electron chi connectivity index (χ4n) is 1.72. The van der Waals surface area contributed by atoms with E-state index in [1.54, 1.807) is 0 Å². The van der Waals surface area contributed by atoms with E-state index in [0.717, 1.165) is 19.3 Å². The molecule has 0 fully saturated rings. The van der Waals surface area contributed by atoms with Crippen LogP contribution < -0.4 is 11.3 Å². The lowest BCUT2D eigenvalue weighted by molar-refractivity contribution is 0.497. The lowest BCUT2D eigenvalue weighted by Crippen LogP contribution is -2.36. The average molecular weight is 216 g/mol. The van der Waals surface area contributed by atoms with Crippen molar-refractivity contribution in [3.05, 3.63) is 35.4 Å². The van der Waals surface area contributed by atoms with Crippen LogP contribution >= 0.6 is 0 Å². The zero-order chi connectivity index (χ0) is 11.8. The van der Waals surface area contributed by atoms with Gasteiger partial charge in [-0.15, -0.1) is 11.8 Å². The second-order valence-electron chi connectivity index (χ2n) is 3.96. The molecule has 0 aliphatic heterocycles. The van der Waals surface area contributed by atoms with E-state index >= 15 is 0 Å². The van der Waals surface area contributed by atoms with Gasteiger partial charge in [-0.3, -0.25) is 11.3 Å². The van der Waals surface area contributed by atoms with Gasteiger partial charge >= 0.3 is 0 Å². The van der Waals surface area contributed by atoms with Gasteiger partial charge in [0.25, 0.3) is 0 Å². The van der Waals surface area contributed by atoms with Crippen molar-refractivity contribution in [1.82, 2.24) is 5.43 Å². The van der Waals surface area contributed by atoms with E-state index in [-0.39, 0.29) is 0 Å². The van der Waals surface area contributed by atoms with Crippen LogP contribution in [-0.2, 0) is 6.42 Å². The molecule has 2 heteroatoms. The van der Waals surface area contributed by atoms with Gasteiger partial charge in [0.05, 0.1) is 0 Å². The Kier molecular flexibility index (Phi) is 5.63. The SMILES string of the molecule is CC#CCCC(Cc1ccccc1C)NN. The van der Waals surface area contributed by atoms with E-state index in [0.29, 0.717) is 6.04 Å². The van der Waals surface area contributed by atoms with E-state index < -0.39 is 0 Å². The van der Waals surface area contributed by atoms with Gasteiger partial charge in [0.15, 0.2) is 0 Å². The molecule has 0 bridgehead atoms. The van der Waals surface area contributed by atoms with Gasteiger partial charge in [0, 0.05) is 12.5 Å². The van der Waals surface area contributed by atoms with Crippen molar-refractivity contribution >= 4 is 0 Å². The van der Waals surface area contributed by atoms with E-state index in [1.165, 1.54) is 11.1 Å². The Hall–Kier alpha value is -1.30. The summed E-state index contributed by atoms with van der Waals surface area (Å²) in [5.41, 5.74) is 5.55. The van der Waals surface area contributed by atoms with Crippen LogP contribution in [0.2, 0.25) is 0 Å². The van der Waals surface area contributed by atoms with Gasteiger partial charge in [-0.25, -0.2) is 0 Å². The number of hydrogen-bond acceptors (Lipinski definition) is 2. The molecule has 0 aromatic heterocycles. The van der Waals surface area contributed by atoms with Crippen LogP contribution in [0, 0.1) is 18.8 Å². The minimum Gasteiger partial charge on any atom is -0.271 e. The highest BCUT2D eigenvalue weighted by Crippen LogP contribution is 2.11. The molecular weight excluding hydrogens is 196 g/mol. The number of rotatable bonds is 5. The van der Waals surface area contributed by atoms with Crippen molar-refractivity contribution in [2.24, 2.45) is 5.84 Å². The minimum atomic E-state index is 0.307. The van der Waals surface area contributed by atoms with E-state index in [9.17, 15) is 0 Å². The first-order valence-corrected chi connectivity index (χ1v) is 5.68. The molecule has 1 aromatic carbocycles. The monoisotopic (exact) mass is 216 g/mol. The van der Waals surface area contributed by atoms with Gasteiger partial charge in [-0.1, -0.05) is 24.3 Å². The first kappa shape index (κ1) is 12.8. The van der Waals surface area contributed by atoms with Crippen molar-refractivity contribution < 1.29 is 0 Å². The maximum atomic E-state index is 5.55. The molecule has 0 saturated heterocycles. The molecular formula is C14H20N2. The number of hydrogen-bond donors (Lipinski definition) is 2. The Bertz CT molecular complexity index is 374. The quantitative estimate of drug-likeness (QED) is 0.450. The summed E-state index contributed by atoms with van der Waals surface area (Å²) in [4.78, 5) is 0. The van der Waals surface area contributed by atoms with Gasteiger partial charge < -0.3 is 0 Å². The van der Waals surface area contributed by atoms with Crippen LogP contribution in [0.3, 0.4) is 0 Å². The molecule has 2 nitrogen and oxygen atoms in total.